The third-order valence-corrected chi connectivity index (χ3v) is 6.80. The molecular weight excluding hydrogens is 546 g/mol. The molecule has 2 aliphatic rings. The van der Waals surface area contributed by atoms with Gasteiger partial charge in [-0.15, -0.1) is 6.58 Å². The number of carboxylic acid groups (broad SMARTS) is 1. The van der Waals surface area contributed by atoms with Crippen molar-refractivity contribution in [3.63, 3.8) is 0 Å². The van der Waals surface area contributed by atoms with E-state index in [-0.39, 0.29) is 57.4 Å². The molecule has 2 aliphatic heterocycles. The minimum Gasteiger partial charge on any atom is -0.481 e. The van der Waals surface area contributed by atoms with E-state index in [1.807, 2.05) is 24.3 Å². The zero-order valence-corrected chi connectivity index (χ0v) is 21.7. The predicted octanol–water partition coefficient (Wildman–Crippen LogP) is 2.40. The molecule has 0 unspecified atom stereocenters. The molecule has 2 fully saturated rings. The number of nitrogens with one attached hydrogen (secondary N) is 1. The number of fused-ring (bicyclic) bond motifs is 1. The number of nitrogens with zero attached hydrogens (tertiary/aromatic N) is 4. The first-order chi connectivity index (χ1) is 17.8. The second-order valence-corrected chi connectivity index (χ2v) is 9.71. The van der Waals surface area contributed by atoms with E-state index < -0.39 is 24.2 Å². The average molecular weight is 574 g/mol. The van der Waals surface area contributed by atoms with Crippen LogP contribution in [0.2, 0.25) is 0 Å². The van der Waals surface area contributed by atoms with Crippen molar-refractivity contribution in [3.8, 4) is 0 Å². The second-order valence-electron chi connectivity index (χ2n) is 8.80. The number of rotatable bonds is 9. The maximum atomic E-state index is 13.5. The zero-order chi connectivity index (χ0) is 26.5. The lowest BCUT2D eigenvalue weighted by Crippen LogP contribution is -2.76. The Hall–Kier alpha value is -3.64. The van der Waals surface area contributed by atoms with Crippen molar-refractivity contribution >= 4 is 39.7 Å². The number of furan rings is 1. The first-order valence-electron chi connectivity index (χ1n) is 11.8. The Bertz CT molecular complexity index is 1150. The lowest BCUT2D eigenvalue weighted by Gasteiger charge is -2.55. The molecule has 0 bridgehead atoms. The smallest absolute Gasteiger partial charge is 0.334 e. The normalized spacial score (nSPS) is 20.1. The Morgan fingerprint density at radius 2 is 1.95 bits per heavy atom. The number of carbonyl (C=O) groups is 4. The number of aliphatic carboxylic acids is 1. The van der Waals surface area contributed by atoms with Crippen LogP contribution in [0.1, 0.15) is 24.2 Å². The van der Waals surface area contributed by atoms with Crippen LogP contribution >= 0.6 is 15.9 Å². The second kappa shape index (κ2) is 11.6. The van der Waals surface area contributed by atoms with Crippen LogP contribution in [0.5, 0.6) is 0 Å². The quantitative estimate of drug-likeness (QED) is 0.441. The van der Waals surface area contributed by atoms with Crippen LogP contribution in [-0.4, -0.2) is 80.6 Å². The fourth-order valence-corrected chi connectivity index (χ4v) is 4.91. The molecule has 0 radical (unpaired) electrons. The first-order valence-corrected chi connectivity index (χ1v) is 12.6. The van der Waals surface area contributed by atoms with Gasteiger partial charge in [-0.05, 0) is 36.2 Å². The van der Waals surface area contributed by atoms with Crippen LogP contribution < -0.4 is 5.32 Å². The van der Waals surface area contributed by atoms with Gasteiger partial charge in [-0.25, -0.2) is 14.8 Å². The van der Waals surface area contributed by atoms with E-state index in [1.165, 1.54) is 21.1 Å². The lowest BCUT2D eigenvalue weighted by molar-refractivity contribution is -0.193. The summed E-state index contributed by atoms with van der Waals surface area (Å²) in [5, 5.41) is 15.2. The number of urea groups is 1. The van der Waals surface area contributed by atoms with E-state index >= 15 is 0 Å². The summed E-state index contributed by atoms with van der Waals surface area (Å²) in [4.78, 5) is 54.6. The summed E-state index contributed by atoms with van der Waals surface area (Å²) in [6.45, 7) is 4.14. The Kier molecular flexibility index (Phi) is 8.29. The Morgan fingerprint density at radius 1 is 1.19 bits per heavy atom. The van der Waals surface area contributed by atoms with Gasteiger partial charge in [-0.3, -0.25) is 14.4 Å². The standard InChI is InChI=1S/C25H28BrN5O6/c1-2-11-27-25(36)31-21-15-28(14-19-4-3-12-37-19)24(35)20(9-10-23(33)34)30(21)22(32)16-29(31)13-17-5-7-18(26)8-6-17/h2-8,12,20-21H,1,9-11,13-16H2,(H,27,36)(H,33,34)/t20-,21-/m0/s1. The van der Waals surface area contributed by atoms with Crippen molar-refractivity contribution in [2.75, 3.05) is 19.6 Å². The number of carbonyl (C=O) groups excluding carboxylic acids is 3. The molecule has 1 aromatic carbocycles. The van der Waals surface area contributed by atoms with E-state index in [1.54, 1.807) is 23.2 Å². The topological polar surface area (TPSA) is 127 Å². The van der Waals surface area contributed by atoms with Crippen LogP contribution in [0.15, 0.2) is 64.2 Å². The van der Waals surface area contributed by atoms with E-state index in [2.05, 4.69) is 27.8 Å². The molecule has 2 aromatic rings. The maximum absolute atomic E-state index is 13.5. The fourth-order valence-electron chi connectivity index (χ4n) is 4.64. The Labute approximate surface area is 222 Å². The number of hydrazine groups is 1. The summed E-state index contributed by atoms with van der Waals surface area (Å²) in [6, 6.07) is 9.49. The van der Waals surface area contributed by atoms with Gasteiger partial charge in [0.2, 0.25) is 11.8 Å². The number of hydrogen-bond donors (Lipinski definition) is 2. The number of amides is 4. The third kappa shape index (κ3) is 6.03. The highest BCUT2D eigenvalue weighted by Gasteiger charge is 2.51. The third-order valence-electron chi connectivity index (χ3n) is 6.27. The highest BCUT2D eigenvalue weighted by atomic mass is 79.9. The minimum absolute atomic E-state index is 0.0349. The molecule has 196 valence electrons. The predicted molar refractivity (Wildman–Crippen MR) is 135 cm³/mol. The molecule has 3 heterocycles. The largest absolute Gasteiger partial charge is 0.481 e. The van der Waals surface area contributed by atoms with E-state index in [4.69, 9.17) is 4.42 Å². The average Bonchev–Trinajstić information content (AvgIpc) is 3.37. The highest BCUT2D eigenvalue weighted by Crippen LogP contribution is 2.30. The van der Waals surface area contributed by atoms with Crippen LogP contribution in [-0.2, 0) is 27.5 Å². The fraction of sp³-hybridized carbons (Fsp3) is 0.360. The van der Waals surface area contributed by atoms with Crippen molar-refractivity contribution in [3.05, 3.63) is 71.1 Å². The van der Waals surface area contributed by atoms with E-state index in [9.17, 15) is 24.3 Å². The molecule has 4 rings (SSSR count). The van der Waals surface area contributed by atoms with Gasteiger partial charge in [0.15, 0.2) is 0 Å². The van der Waals surface area contributed by atoms with Crippen molar-refractivity contribution in [1.29, 1.82) is 0 Å². The first kappa shape index (κ1) is 26.4. The summed E-state index contributed by atoms with van der Waals surface area (Å²) < 4.78 is 6.33. The van der Waals surface area contributed by atoms with Gasteiger partial charge >= 0.3 is 12.0 Å². The Morgan fingerprint density at radius 3 is 2.59 bits per heavy atom. The molecule has 0 aliphatic carbocycles. The molecule has 0 spiro atoms. The zero-order valence-electron chi connectivity index (χ0n) is 20.1. The number of hydrogen-bond acceptors (Lipinski definition) is 6. The van der Waals surface area contributed by atoms with Gasteiger partial charge in [-0.1, -0.05) is 34.1 Å². The van der Waals surface area contributed by atoms with Crippen molar-refractivity contribution in [2.45, 2.75) is 38.1 Å². The van der Waals surface area contributed by atoms with E-state index in [0.29, 0.717) is 5.76 Å². The van der Waals surface area contributed by atoms with Crippen molar-refractivity contribution in [1.82, 2.24) is 25.1 Å². The van der Waals surface area contributed by atoms with E-state index in [0.717, 1.165) is 10.0 Å². The SMILES string of the molecule is C=CCNC(=O)N1[C@H]2CN(Cc3ccco3)C(=O)[C@H](CCC(=O)O)N2C(=O)CN1Cc1ccc(Br)cc1. The van der Waals surface area contributed by atoms with Gasteiger partial charge < -0.3 is 24.6 Å². The van der Waals surface area contributed by atoms with Gasteiger partial charge in [0, 0.05) is 24.0 Å². The number of piperazine rings is 1. The molecule has 11 nitrogen and oxygen atoms in total. The maximum Gasteiger partial charge on any atom is 0.334 e. The highest BCUT2D eigenvalue weighted by molar-refractivity contribution is 9.10. The molecule has 1 aromatic heterocycles. The molecule has 2 saturated heterocycles. The molecule has 37 heavy (non-hydrogen) atoms. The van der Waals surface area contributed by atoms with Crippen LogP contribution in [0.25, 0.3) is 0 Å². The monoisotopic (exact) mass is 573 g/mol. The molecule has 12 heteroatoms. The van der Waals surface area contributed by atoms with Crippen LogP contribution in [0.3, 0.4) is 0 Å². The molecule has 0 saturated carbocycles. The van der Waals surface area contributed by atoms with Crippen LogP contribution in [0, 0.1) is 0 Å². The Balaban J connectivity index is 1.70. The van der Waals surface area contributed by atoms with Gasteiger partial charge in [0.1, 0.15) is 18.0 Å². The van der Waals surface area contributed by atoms with Gasteiger partial charge in [0.05, 0.1) is 25.9 Å². The van der Waals surface area contributed by atoms with Crippen LogP contribution in [0.4, 0.5) is 4.79 Å². The number of halogens is 1. The summed E-state index contributed by atoms with van der Waals surface area (Å²) >= 11 is 3.41. The summed E-state index contributed by atoms with van der Waals surface area (Å²) in [7, 11) is 0. The summed E-state index contributed by atoms with van der Waals surface area (Å²) in [6.07, 6.45) is 1.84. The number of benzene rings is 1. The molecular formula is C25H28BrN5O6. The summed E-state index contributed by atoms with van der Waals surface area (Å²) in [5.74, 6) is -1.27. The molecule has 2 N–H and O–H groups in total. The summed E-state index contributed by atoms with van der Waals surface area (Å²) in [5.41, 5.74) is 0.882. The van der Waals surface area contributed by atoms with Gasteiger partial charge in [0.25, 0.3) is 0 Å². The lowest BCUT2D eigenvalue weighted by atomic mass is 10.0. The molecule has 2 atom stereocenters. The molecule has 4 amide bonds. The number of carboxylic acids is 1. The van der Waals surface area contributed by atoms with Gasteiger partial charge in [-0.2, -0.15) is 0 Å². The van der Waals surface area contributed by atoms with Crippen molar-refractivity contribution in [2.24, 2.45) is 0 Å². The minimum atomic E-state index is -1.07. The van der Waals surface area contributed by atoms with Crippen molar-refractivity contribution < 1.29 is 28.7 Å².